The van der Waals surface area contributed by atoms with Crippen LogP contribution in [0.5, 0.6) is 0 Å². The third-order valence-corrected chi connectivity index (χ3v) is 7.82. The highest BCUT2D eigenvalue weighted by Gasteiger charge is 2.33. The van der Waals surface area contributed by atoms with E-state index in [-0.39, 0.29) is 9.77 Å². The highest BCUT2D eigenvalue weighted by Crippen LogP contribution is 2.27. The lowest BCUT2D eigenvalue weighted by Gasteiger charge is -2.34. The number of aromatic nitrogens is 3. The van der Waals surface area contributed by atoms with Crippen molar-refractivity contribution in [1.82, 2.24) is 18.8 Å². The minimum Gasteiger partial charge on any atom is -0.465 e. The summed E-state index contributed by atoms with van der Waals surface area (Å²) in [6.45, 7) is 3.39. The number of rotatable bonds is 5. The van der Waals surface area contributed by atoms with Gasteiger partial charge in [-0.15, -0.1) is 11.3 Å². The Morgan fingerprint density at radius 3 is 2.43 bits per heavy atom. The van der Waals surface area contributed by atoms with Crippen LogP contribution in [0.2, 0.25) is 0 Å². The molecule has 0 atom stereocenters. The predicted octanol–water partition coefficient (Wildman–Crippen LogP) is 1.93. The van der Waals surface area contributed by atoms with Gasteiger partial charge in [0.2, 0.25) is 10.0 Å². The summed E-state index contributed by atoms with van der Waals surface area (Å²) in [5, 5.41) is 1.59. The molecule has 1 saturated heterocycles. The fourth-order valence-electron chi connectivity index (χ4n) is 3.36. The molecule has 0 spiro atoms. The molecular formula is C19H21N5O4S2. The minimum absolute atomic E-state index is 0.000532. The van der Waals surface area contributed by atoms with E-state index in [1.165, 1.54) is 17.5 Å². The summed E-state index contributed by atoms with van der Waals surface area (Å²) in [6, 6.07) is 7.20. The van der Waals surface area contributed by atoms with Gasteiger partial charge in [0.05, 0.1) is 7.11 Å². The minimum atomic E-state index is -3.78. The number of esters is 1. The van der Waals surface area contributed by atoms with E-state index in [1.807, 2.05) is 47.0 Å². The van der Waals surface area contributed by atoms with E-state index in [2.05, 4.69) is 9.97 Å². The second-order valence-electron chi connectivity index (χ2n) is 6.72. The molecule has 0 bridgehead atoms. The van der Waals surface area contributed by atoms with Gasteiger partial charge in [0.25, 0.3) is 0 Å². The lowest BCUT2D eigenvalue weighted by Crippen LogP contribution is -2.49. The van der Waals surface area contributed by atoms with Crippen LogP contribution in [0, 0.1) is 6.92 Å². The molecule has 1 aliphatic rings. The molecule has 1 fully saturated rings. The molecule has 0 aromatic carbocycles. The summed E-state index contributed by atoms with van der Waals surface area (Å²) in [6.07, 6.45) is 3.83. The van der Waals surface area contributed by atoms with Crippen molar-refractivity contribution in [3.63, 3.8) is 0 Å². The molecule has 4 heterocycles. The van der Waals surface area contributed by atoms with E-state index in [0.29, 0.717) is 32.0 Å². The first kappa shape index (κ1) is 20.5. The SMILES string of the molecule is COC(=O)c1sccc1S(=O)(=O)N1CCN(c2cc(-n3cccc3)nc(C)n2)CC1. The molecule has 0 saturated carbocycles. The number of aryl methyl sites for hydroxylation is 1. The Morgan fingerprint density at radius 2 is 1.77 bits per heavy atom. The Bertz CT molecular complexity index is 1150. The van der Waals surface area contributed by atoms with Crippen molar-refractivity contribution in [1.29, 1.82) is 0 Å². The van der Waals surface area contributed by atoms with E-state index in [0.717, 1.165) is 23.0 Å². The van der Waals surface area contributed by atoms with Gasteiger partial charge < -0.3 is 14.2 Å². The number of nitrogens with zero attached hydrogens (tertiary/aromatic N) is 5. The first-order valence-corrected chi connectivity index (χ1v) is 11.6. The van der Waals surface area contributed by atoms with Gasteiger partial charge >= 0.3 is 5.97 Å². The smallest absolute Gasteiger partial charge is 0.349 e. The highest BCUT2D eigenvalue weighted by atomic mass is 32.2. The van der Waals surface area contributed by atoms with E-state index >= 15 is 0 Å². The van der Waals surface area contributed by atoms with E-state index in [1.54, 1.807) is 5.38 Å². The molecule has 0 amide bonds. The van der Waals surface area contributed by atoms with Crippen LogP contribution in [0.1, 0.15) is 15.5 Å². The highest BCUT2D eigenvalue weighted by molar-refractivity contribution is 7.89. The number of piperazine rings is 1. The topological polar surface area (TPSA) is 97.6 Å². The summed E-state index contributed by atoms with van der Waals surface area (Å²) in [5.74, 6) is 1.52. The largest absolute Gasteiger partial charge is 0.465 e. The van der Waals surface area contributed by atoms with Crippen molar-refractivity contribution in [2.75, 3.05) is 38.2 Å². The second kappa shape index (κ2) is 8.17. The van der Waals surface area contributed by atoms with Crippen LogP contribution < -0.4 is 4.90 Å². The molecule has 0 radical (unpaired) electrons. The van der Waals surface area contributed by atoms with Gasteiger partial charge in [0, 0.05) is 44.6 Å². The van der Waals surface area contributed by atoms with Crippen molar-refractivity contribution in [2.45, 2.75) is 11.8 Å². The average Bonchev–Trinajstić information content (AvgIpc) is 3.45. The summed E-state index contributed by atoms with van der Waals surface area (Å²) >= 11 is 1.06. The maximum Gasteiger partial charge on any atom is 0.349 e. The Morgan fingerprint density at radius 1 is 1.10 bits per heavy atom. The van der Waals surface area contributed by atoms with Crippen molar-refractivity contribution < 1.29 is 17.9 Å². The number of sulfonamides is 1. The summed E-state index contributed by atoms with van der Waals surface area (Å²) in [4.78, 5) is 23.0. The van der Waals surface area contributed by atoms with Crippen molar-refractivity contribution in [3.8, 4) is 5.82 Å². The summed E-state index contributed by atoms with van der Waals surface area (Å²) in [5.41, 5.74) is 0. The monoisotopic (exact) mass is 447 g/mol. The molecule has 158 valence electrons. The van der Waals surface area contributed by atoms with Crippen molar-refractivity contribution in [2.24, 2.45) is 0 Å². The molecular weight excluding hydrogens is 426 g/mol. The number of hydrogen-bond acceptors (Lipinski definition) is 8. The fourth-order valence-corrected chi connectivity index (χ4v) is 6.09. The van der Waals surface area contributed by atoms with E-state index in [4.69, 9.17) is 4.74 Å². The molecule has 11 heteroatoms. The third kappa shape index (κ3) is 3.83. The Kier molecular flexibility index (Phi) is 5.58. The van der Waals surface area contributed by atoms with Gasteiger partial charge in [-0.1, -0.05) is 0 Å². The first-order chi connectivity index (χ1) is 14.4. The van der Waals surface area contributed by atoms with Crippen molar-refractivity contribution in [3.05, 3.63) is 52.7 Å². The Hall–Kier alpha value is -2.76. The average molecular weight is 448 g/mol. The van der Waals surface area contributed by atoms with E-state index in [9.17, 15) is 13.2 Å². The molecule has 3 aromatic heterocycles. The Balaban J connectivity index is 1.52. The zero-order valence-corrected chi connectivity index (χ0v) is 18.2. The van der Waals surface area contributed by atoms with E-state index < -0.39 is 16.0 Å². The number of methoxy groups -OCH3 is 1. The second-order valence-corrected chi connectivity index (χ2v) is 9.54. The zero-order valence-electron chi connectivity index (χ0n) is 16.6. The molecule has 0 aliphatic carbocycles. The van der Waals surface area contributed by atoms with Gasteiger partial charge in [-0.3, -0.25) is 0 Å². The third-order valence-electron chi connectivity index (χ3n) is 4.86. The van der Waals surface area contributed by atoms with Gasteiger partial charge in [-0.05, 0) is 30.5 Å². The van der Waals surface area contributed by atoms with Crippen LogP contribution in [0.3, 0.4) is 0 Å². The maximum atomic E-state index is 13.1. The maximum absolute atomic E-state index is 13.1. The standard InChI is InChI=1S/C19H21N5O4S2/c1-14-20-16(22-6-3-4-7-22)13-17(21-14)23-8-10-24(11-9-23)30(26,27)15-5-12-29-18(15)19(25)28-2/h3-7,12-13H,8-11H2,1-2H3. The normalized spacial score (nSPS) is 15.3. The van der Waals surface area contributed by atoms with Gasteiger partial charge in [0.1, 0.15) is 27.2 Å². The van der Waals surface area contributed by atoms with Gasteiger partial charge in [-0.2, -0.15) is 4.31 Å². The lowest BCUT2D eigenvalue weighted by atomic mass is 10.3. The number of carbonyl (C=O) groups is 1. The molecule has 1 aliphatic heterocycles. The number of ether oxygens (including phenoxy) is 1. The number of hydrogen-bond donors (Lipinski definition) is 0. The number of thiophene rings is 1. The molecule has 9 nitrogen and oxygen atoms in total. The molecule has 4 rings (SSSR count). The zero-order chi connectivity index (χ0) is 21.3. The van der Waals surface area contributed by atoms with Gasteiger partial charge in [0.15, 0.2) is 0 Å². The summed E-state index contributed by atoms with van der Waals surface area (Å²) < 4.78 is 34.2. The fraction of sp³-hybridized carbons (Fsp3) is 0.316. The number of carbonyl (C=O) groups excluding carboxylic acids is 1. The first-order valence-electron chi connectivity index (χ1n) is 9.30. The van der Waals surface area contributed by atoms with Crippen LogP contribution >= 0.6 is 11.3 Å². The van der Waals surface area contributed by atoms with Crippen LogP contribution in [-0.4, -0.2) is 66.5 Å². The van der Waals surface area contributed by atoms with Crippen LogP contribution in [0.25, 0.3) is 5.82 Å². The summed E-state index contributed by atoms with van der Waals surface area (Å²) in [7, 11) is -2.54. The molecule has 0 N–H and O–H groups in total. The van der Waals surface area contributed by atoms with Crippen LogP contribution in [0.15, 0.2) is 46.9 Å². The van der Waals surface area contributed by atoms with Crippen LogP contribution in [0.4, 0.5) is 5.82 Å². The molecule has 30 heavy (non-hydrogen) atoms. The van der Waals surface area contributed by atoms with Crippen LogP contribution in [-0.2, 0) is 14.8 Å². The number of anilines is 1. The van der Waals surface area contributed by atoms with Gasteiger partial charge in [-0.25, -0.2) is 23.2 Å². The predicted molar refractivity (Wildman–Crippen MR) is 113 cm³/mol. The van der Waals surface area contributed by atoms with Crippen molar-refractivity contribution >= 4 is 33.1 Å². The molecule has 0 unspecified atom stereocenters. The lowest BCUT2D eigenvalue weighted by molar-refractivity contribution is 0.0602. The quantitative estimate of drug-likeness (QED) is 0.551. The Labute approximate surface area is 178 Å². The molecule has 3 aromatic rings.